The summed E-state index contributed by atoms with van der Waals surface area (Å²) in [4.78, 5) is 22.5. The molecule has 5 nitrogen and oxygen atoms in total. The lowest BCUT2D eigenvalue weighted by molar-refractivity contribution is -0.139. The topological polar surface area (TPSA) is 70.6 Å². The van der Waals surface area contributed by atoms with Crippen LogP contribution < -0.4 is 10.7 Å². The lowest BCUT2D eigenvalue weighted by Crippen LogP contribution is -2.38. The highest BCUT2D eigenvalue weighted by atomic mass is 16.2. The Morgan fingerprint density at radius 3 is 2.42 bits per heavy atom. The van der Waals surface area contributed by atoms with Gasteiger partial charge in [0.1, 0.15) is 0 Å². The summed E-state index contributed by atoms with van der Waals surface area (Å²) in [6, 6.07) is 7.81. The molecule has 0 bridgehead atoms. The van der Waals surface area contributed by atoms with Gasteiger partial charge in [0, 0.05) is 6.54 Å². The van der Waals surface area contributed by atoms with Crippen LogP contribution in [0.25, 0.3) is 0 Å². The van der Waals surface area contributed by atoms with E-state index >= 15 is 0 Å². The minimum atomic E-state index is -0.755. The van der Waals surface area contributed by atoms with Crippen molar-refractivity contribution in [2.75, 3.05) is 6.54 Å². The third-order valence-electron chi connectivity index (χ3n) is 2.51. The van der Waals surface area contributed by atoms with Gasteiger partial charge in [-0.1, -0.05) is 38.1 Å². The normalized spacial score (nSPS) is 10.4. The largest absolute Gasteiger partial charge is 0.348 e. The van der Waals surface area contributed by atoms with Gasteiger partial charge in [0.15, 0.2) is 0 Å². The molecule has 2 N–H and O–H groups in total. The number of carbonyl (C=O) groups is 2. The Morgan fingerprint density at radius 2 is 1.84 bits per heavy atom. The second kappa shape index (κ2) is 8.02. The summed E-state index contributed by atoms with van der Waals surface area (Å²) in [7, 11) is 0. The molecule has 0 spiro atoms. The van der Waals surface area contributed by atoms with Crippen molar-refractivity contribution < 1.29 is 9.59 Å². The number of nitrogens with one attached hydrogen (secondary N) is 2. The average Bonchev–Trinajstić information content (AvgIpc) is 2.45. The molecule has 0 saturated carbocycles. The van der Waals surface area contributed by atoms with Crippen molar-refractivity contribution in [2.24, 2.45) is 5.10 Å². The molecule has 0 aliphatic heterocycles. The molecule has 0 heterocycles. The van der Waals surface area contributed by atoms with Gasteiger partial charge in [0.05, 0.1) is 6.21 Å². The predicted molar refractivity (Wildman–Crippen MR) is 74.9 cm³/mol. The van der Waals surface area contributed by atoms with Crippen LogP contribution in [0.15, 0.2) is 29.4 Å². The zero-order valence-electron chi connectivity index (χ0n) is 11.3. The smallest absolute Gasteiger partial charge is 0.329 e. The van der Waals surface area contributed by atoms with Crippen LogP contribution in [0.4, 0.5) is 0 Å². The molecular formula is C14H19N3O2. The highest BCUT2D eigenvalue weighted by molar-refractivity contribution is 6.35. The fourth-order valence-electron chi connectivity index (χ4n) is 1.37. The maximum atomic E-state index is 11.3. The van der Waals surface area contributed by atoms with Crippen molar-refractivity contribution in [1.29, 1.82) is 0 Å². The molecule has 0 radical (unpaired) electrons. The molecule has 2 amide bonds. The van der Waals surface area contributed by atoms with Gasteiger partial charge in [-0.25, -0.2) is 5.43 Å². The summed E-state index contributed by atoms with van der Waals surface area (Å²) in [5.41, 5.74) is 4.29. The number of carbonyl (C=O) groups excluding carboxylic acids is 2. The first-order valence-electron chi connectivity index (χ1n) is 6.37. The number of nitrogens with zero attached hydrogens (tertiary/aromatic N) is 1. The van der Waals surface area contributed by atoms with Crippen LogP contribution in [-0.4, -0.2) is 24.6 Å². The van der Waals surface area contributed by atoms with E-state index in [0.717, 1.165) is 18.4 Å². The maximum Gasteiger partial charge on any atom is 0.329 e. The molecule has 0 aliphatic rings. The van der Waals surface area contributed by atoms with Gasteiger partial charge in [-0.2, -0.15) is 5.10 Å². The molecule has 0 fully saturated rings. The van der Waals surface area contributed by atoms with Gasteiger partial charge >= 0.3 is 11.8 Å². The molecule has 0 atom stereocenters. The highest BCUT2D eigenvalue weighted by Crippen LogP contribution is 2.02. The number of benzene rings is 1. The lowest BCUT2D eigenvalue weighted by atomic mass is 10.1. The van der Waals surface area contributed by atoms with Gasteiger partial charge in [0.2, 0.25) is 0 Å². The molecule has 0 saturated heterocycles. The number of hydrogen-bond acceptors (Lipinski definition) is 3. The van der Waals surface area contributed by atoms with Crippen molar-refractivity contribution in [2.45, 2.75) is 26.7 Å². The van der Waals surface area contributed by atoms with Gasteiger partial charge in [0.25, 0.3) is 0 Å². The van der Waals surface area contributed by atoms with Crippen molar-refractivity contribution in [3.63, 3.8) is 0 Å². The van der Waals surface area contributed by atoms with Crippen LogP contribution in [0.5, 0.6) is 0 Å². The molecule has 1 aromatic rings. The number of amides is 2. The van der Waals surface area contributed by atoms with Gasteiger partial charge in [-0.3, -0.25) is 9.59 Å². The Kier molecular flexibility index (Phi) is 6.29. The summed E-state index contributed by atoms with van der Waals surface area (Å²) >= 11 is 0. The summed E-state index contributed by atoms with van der Waals surface area (Å²) in [5, 5.41) is 6.21. The van der Waals surface area contributed by atoms with Crippen LogP contribution in [0.1, 0.15) is 31.4 Å². The first-order chi connectivity index (χ1) is 9.17. The van der Waals surface area contributed by atoms with E-state index in [4.69, 9.17) is 0 Å². The molecular weight excluding hydrogens is 242 g/mol. The molecule has 0 aliphatic carbocycles. The van der Waals surface area contributed by atoms with Gasteiger partial charge in [-0.15, -0.1) is 0 Å². The third-order valence-corrected chi connectivity index (χ3v) is 2.51. The zero-order chi connectivity index (χ0) is 14.1. The van der Waals surface area contributed by atoms with Crippen molar-refractivity contribution in [3.8, 4) is 0 Å². The second-order valence-electron chi connectivity index (χ2n) is 4.05. The van der Waals surface area contributed by atoms with E-state index in [1.165, 1.54) is 11.8 Å². The van der Waals surface area contributed by atoms with Crippen molar-refractivity contribution in [3.05, 3.63) is 35.4 Å². The van der Waals surface area contributed by atoms with Crippen LogP contribution in [0, 0.1) is 0 Å². The Balaban J connectivity index is 2.44. The van der Waals surface area contributed by atoms with E-state index in [9.17, 15) is 9.59 Å². The molecule has 0 unspecified atom stereocenters. The number of aryl methyl sites for hydroxylation is 1. The Labute approximate surface area is 113 Å². The second-order valence-corrected chi connectivity index (χ2v) is 4.05. The maximum absolute atomic E-state index is 11.3. The van der Waals surface area contributed by atoms with Crippen LogP contribution in [0.3, 0.4) is 0 Å². The molecule has 1 aromatic carbocycles. The predicted octanol–water partition coefficient (Wildman–Crippen LogP) is 1.23. The average molecular weight is 261 g/mol. The number of hydrazone groups is 1. The number of hydrogen-bond donors (Lipinski definition) is 2. The van der Waals surface area contributed by atoms with Gasteiger partial charge < -0.3 is 5.32 Å². The monoisotopic (exact) mass is 261 g/mol. The molecule has 5 heteroatoms. The summed E-state index contributed by atoms with van der Waals surface area (Å²) in [6.07, 6.45) is 3.27. The Hall–Kier alpha value is -2.17. The fourth-order valence-corrected chi connectivity index (χ4v) is 1.37. The number of rotatable bonds is 5. The SMILES string of the molecule is CCCNC(=O)C(=O)N/N=C\c1ccc(CC)cc1. The standard InChI is InChI=1S/C14H19N3O2/c1-3-9-15-13(18)14(19)17-16-10-12-7-5-11(4-2)6-8-12/h5-8,10H,3-4,9H2,1-2H3,(H,15,18)(H,17,19)/b16-10-. The summed E-state index contributed by atoms with van der Waals surface area (Å²) < 4.78 is 0. The van der Waals surface area contributed by atoms with E-state index < -0.39 is 11.8 Å². The lowest BCUT2D eigenvalue weighted by Gasteiger charge is -2.01. The van der Waals surface area contributed by atoms with E-state index in [0.29, 0.717) is 6.54 Å². The van der Waals surface area contributed by atoms with Crippen LogP contribution >= 0.6 is 0 Å². The fraction of sp³-hybridized carbons (Fsp3) is 0.357. The first-order valence-corrected chi connectivity index (χ1v) is 6.37. The van der Waals surface area contributed by atoms with E-state index in [-0.39, 0.29) is 0 Å². The molecule has 19 heavy (non-hydrogen) atoms. The Bertz CT molecular complexity index is 452. The van der Waals surface area contributed by atoms with Gasteiger partial charge in [-0.05, 0) is 24.0 Å². The summed E-state index contributed by atoms with van der Waals surface area (Å²) in [5.74, 6) is -1.42. The first kappa shape index (κ1) is 14.9. The summed E-state index contributed by atoms with van der Waals surface area (Å²) in [6.45, 7) is 4.48. The molecule has 0 aromatic heterocycles. The van der Waals surface area contributed by atoms with E-state index in [1.54, 1.807) is 0 Å². The molecule has 102 valence electrons. The molecule has 1 rings (SSSR count). The Morgan fingerprint density at radius 1 is 1.16 bits per heavy atom. The van der Waals surface area contributed by atoms with Crippen molar-refractivity contribution in [1.82, 2.24) is 10.7 Å². The minimum Gasteiger partial charge on any atom is -0.348 e. The third kappa shape index (κ3) is 5.33. The van der Waals surface area contributed by atoms with Crippen LogP contribution in [0.2, 0.25) is 0 Å². The van der Waals surface area contributed by atoms with Crippen LogP contribution in [-0.2, 0) is 16.0 Å². The highest BCUT2D eigenvalue weighted by Gasteiger charge is 2.10. The van der Waals surface area contributed by atoms with E-state index in [1.807, 2.05) is 31.2 Å². The van der Waals surface area contributed by atoms with E-state index in [2.05, 4.69) is 22.8 Å². The quantitative estimate of drug-likeness (QED) is 0.475. The zero-order valence-corrected chi connectivity index (χ0v) is 11.3. The minimum absolute atomic E-state index is 0.481. The van der Waals surface area contributed by atoms with Crippen molar-refractivity contribution >= 4 is 18.0 Å².